The lowest BCUT2D eigenvalue weighted by atomic mass is 10.2. The number of nitro benzene ring substituents is 1. The number of carbonyl (C=O) groups excluding carboxylic acids is 1. The van der Waals surface area contributed by atoms with Crippen molar-refractivity contribution >= 4 is 40.5 Å². The SMILES string of the molecule is Cc1ccc(NC(=O)CN(C)Cc2cc(Cl)cc(Cl)c2)c([N+](=O)[O-])c1. The molecule has 1 N–H and O–H groups in total. The Morgan fingerprint density at radius 2 is 1.84 bits per heavy atom. The zero-order chi connectivity index (χ0) is 18.6. The Bertz CT molecular complexity index is 791. The molecule has 0 saturated carbocycles. The number of benzene rings is 2. The topological polar surface area (TPSA) is 75.5 Å². The second kappa shape index (κ2) is 8.29. The van der Waals surface area contributed by atoms with Crippen LogP contribution in [0.15, 0.2) is 36.4 Å². The molecular weight excluding hydrogens is 365 g/mol. The van der Waals surface area contributed by atoms with Gasteiger partial charge < -0.3 is 5.32 Å². The Balaban J connectivity index is 2.01. The largest absolute Gasteiger partial charge is 0.319 e. The number of hydrogen-bond acceptors (Lipinski definition) is 4. The van der Waals surface area contributed by atoms with Crippen LogP contribution >= 0.6 is 23.2 Å². The van der Waals surface area contributed by atoms with Crippen LogP contribution in [0.4, 0.5) is 11.4 Å². The lowest BCUT2D eigenvalue weighted by Crippen LogP contribution is -2.30. The normalized spacial score (nSPS) is 10.8. The van der Waals surface area contributed by atoms with Crippen molar-refractivity contribution < 1.29 is 9.72 Å². The number of nitrogens with zero attached hydrogens (tertiary/aromatic N) is 2. The van der Waals surface area contributed by atoms with Gasteiger partial charge in [-0.25, -0.2) is 0 Å². The summed E-state index contributed by atoms with van der Waals surface area (Å²) >= 11 is 11.9. The van der Waals surface area contributed by atoms with Gasteiger partial charge in [-0.2, -0.15) is 0 Å². The van der Waals surface area contributed by atoms with E-state index in [1.165, 1.54) is 12.1 Å². The summed E-state index contributed by atoms with van der Waals surface area (Å²) < 4.78 is 0. The summed E-state index contributed by atoms with van der Waals surface area (Å²) in [4.78, 5) is 24.5. The van der Waals surface area contributed by atoms with E-state index in [1.807, 2.05) is 0 Å². The average Bonchev–Trinajstić information content (AvgIpc) is 2.47. The van der Waals surface area contributed by atoms with E-state index in [4.69, 9.17) is 23.2 Å². The first-order chi connectivity index (χ1) is 11.7. The fraction of sp³-hybridized carbons (Fsp3) is 0.235. The number of anilines is 1. The van der Waals surface area contributed by atoms with Crippen molar-refractivity contribution in [3.8, 4) is 0 Å². The molecule has 0 aromatic heterocycles. The van der Waals surface area contributed by atoms with Gasteiger partial charge in [-0.1, -0.05) is 29.3 Å². The summed E-state index contributed by atoms with van der Waals surface area (Å²) in [6, 6.07) is 9.84. The molecule has 0 radical (unpaired) electrons. The van der Waals surface area contributed by atoms with Crippen LogP contribution in [0.5, 0.6) is 0 Å². The maximum atomic E-state index is 12.2. The minimum atomic E-state index is -0.514. The second-order valence-corrected chi connectivity index (χ2v) is 6.65. The first-order valence-electron chi connectivity index (χ1n) is 7.43. The molecule has 0 aliphatic rings. The van der Waals surface area contributed by atoms with Gasteiger partial charge in [0.1, 0.15) is 5.69 Å². The Labute approximate surface area is 155 Å². The molecule has 132 valence electrons. The average molecular weight is 382 g/mol. The molecule has 0 aliphatic carbocycles. The molecule has 8 heteroatoms. The van der Waals surface area contributed by atoms with Gasteiger partial charge in [0.25, 0.3) is 5.69 Å². The van der Waals surface area contributed by atoms with E-state index in [1.54, 1.807) is 43.1 Å². The van der Waals surface area contributed by atoms with E-state index in [2.05, 4.69) is 5.32 Å². The van der Waals surface area contributed by atoms with Gasteiger partial charge in [0.15, 0.2) is 0 Å². The van der Waals surface area contributed by atoms with Gasteiger partial charge >= 0.3 is 0 Å². The summed E-state index contributed by atoms with van der Waals surface area (Å²) in [5, 5.41) is 14.7. The molecular formula is C17H17Cl2N3O3. The van der Waals surface area contributed by atoms with Gasteiger partial charge in [0.05, 0.1) is 11.5 Å². The lowest BCUT2D eigenvalue weighted by molar-refractivity contribution is -0.384. The third-order valence-electron chi connectivity index (χ3n) is 3.41. The third-order valence-corrected chi connectivity index (χ3v) is 3.85. The van der Waals surface area contributed by atoms with Gasteiger partial charge in [0.2, 0.25) is 5.91 Å². The predicted octanol–water partition coefficient (Wildman–Crippen LogP) is 4.28. The number of aryl methyl sites for hydroxylation is 1. The monoisotopic (exact) mass is 381 g/mol. The molecule has 25 heavy (non-hydrogen) atoms. The molecule has 0 saturated heterocycles. The molecule has 0 bridgehead atoms. The van der Waals surface area contributed by atoms with E-state index in [-0.39, 0.29) is 23.8 Å². The maximum Gasteiger partial charge on any atom is 0.293 e. The van der Waals surface area contributed by atoms with E-state index < -0.39 is 4.92 Å². The first kappa shape index (κ1) is 19.2. The second-order valence-electron chi connectivity index (χ2n) is 5.78. The first-order valence-corrected chi connectivity index (χ1v) is 8.18. The molecule has 6 nitrogen and oxygen atoms in total. The highest BCUT2D eigenvalue weighted by Gasteiger charge is 2.17. The lowest BCUT2D eigenvalue weighted by Gasteiger charge is -2.17. The Hall–Kier alpha value is -2.15. The zero-order valence-electron chi connectivity index (χ0n) is 13.8. The molecule has 1 amide bonds. The highest BCUT2D eigenvalue weighted by Crippen LogP contribution is 2.25. The number of nitrogens with one attached hydrogen (secondary N) is 1. The van der Waals surface area contributed by atoms with E-state index >= 15 is 0 Å². The van der Waals surface area contributed by atoms with Gasteiger partial charge in [-0.05, 0) is 49.4 Å². The molecule has 2 aromatic rings. The van der Waals surface area contributed by atoms with Crippen LogP contribution in [0, 0.1) is 17.0 Å². The van der Waals surface area contributed by atoms with Crippen LogP contribution in [-0.2, 0) is 11.3 Å². The van der Waals surface area contributed by atoms with Crippen molar-refractivity contribution in [1.82, 2.24) is 4.90 Å². The highest BCUT2D eigenvalue weighted by atomic mass is 35.5. The van der Waals surface area contributed by atoms with E-state index in [0.29, 0.717) is 16.6 Å². The van der Waals surface area contributed by atoms with E-state index in [0.717, 1.165) is 11.1 Å². The molecule has 0 fully saturated rings. The summed E-state index contributed by atoms with van der Waals surface area (Å²) in [5.41, 5.74) is 1.67. The number of nitro groups is 1. The molecule has 0 heterocycles. The zero-order valence-corrected chi connectivity index (χ0v) is 15.3. The van der Waals surface area contributed by atoms with Gasteiger partial charge in [0, 0.05) is 22.7 Å². The Morgan fingerprint density at radius 1 is 1.20 bits per heavy atom. The molecule has 0 aliphatic heterocycles. The maximum absolute atomic E-state index is 12.2. The van der Waals surface area contributed by atoms with Crippen LogP contribution < -0.4 is 5.32 Å². The smallest absolute Gasteiger partial charge is 0.293 e. The van der Waals surface area contributed by atoms with Crippen LogP contribution in [0.1, 0.15) is 11.1 Å². The van der Waals surface area contributed by atoms with Crippen molar-refractivity contribution in [1.29, 1.82) is 0 Å². The highest BCUT2D eigenvalue weighted by molar-refractivity contribution is 6.34. The summed E-state index contributed by atoms with van der Waals surface area (Å²) in [5.74, 6) is -0.345. The predicted molar refractivity (Wildman–Crippen MR) is 99.3 cm³/mol. The van der Waals surface area contributed by atoms with Crippen molar-refractivity contribution in [2.75, 3.05) is 18.9 Å². The fourth-order valence-corrected chi connectivity index (χ4v) is 2.97. The van der Waals surface area contributed by atoms with Gasteiger partial charge in [-0.3, -0.25) is 19.8 Å². The number of carbonyl (C=O) groups is 1. The standard InChI is InChI=1S/C17H17Cl2N3O3/c1-11-3-4-15(16(5-11)22(24)25)20-17(23)10-21(2)9-12-6-13(18)8-14(19)7-12/h3-8H,9-10H2,1-2H3,(H,20,23). The summed E-state index contributed by atoms with van der Waals surface area (Å²) in [7, 11) is 1.76. The third kappa shape index (κ3) is 5.70. The van der Waals surface area contributed by atoms with Crippen molar-refractivity contribution in [2.45, 2.75) is 13.5 Å². The minimum Gasteiger partial charge on any atom is -0.319 e. The van der Waals surface area contributed by atoms with Crippen LogP contribution in [-0.4, -0.2) is 29.3 Å². The number of rotatable bonds is 6. The van der Waals surface area contributed by atoms with Crippen molar-refractivity contribution in [3.63, 3.8) is 0 Å². The number of halogens is 2. The minimum absolute atomic E-state index is 0.0646. The van der Waals surface area contributed by atoms with Gasteiger partial charge in [-0.15, -0.1) is 0 Å². The quantitative estimate of drug-likeness (QED) is 0.598. The molecule has 2 rings (SSSR count). The summed E-state index contributed by atoms with van der Waals surface area (Å²) in [6.07, 6.45) is 0. The molecule has 0 spiro atoms. The molecule has 0 unspecified atom stereocenters. The van der Waals surface area contributed by atoms with Crippen LogP contribution in [0.3, 0.4) is 0 Å². The molecule has 2 aromatic carbocycles. The van der Waals surface area contributed by atoms with Crippen LogP contribution in [0.25, 0.3) is 0 Å². The Morgan fingerprint density at radius 3 is 2.44 bits per heavy atom. The molecule has 0 atom stereocenters. The fourth-order valence-electron chi connectivity index (χ4n) is 2.40. The number of amides is 1. The summed E-state index contributed by atoms with van der Waals surface area (Å²) in [6.45, 7) is 2.28. The van der Waals surface area contributed by atoms with Crippen molar-refractivity contribution in [3.05, 3.63) is 67.7 Å². The van der Waals surface area contributed by atoms with E-state index in [9.17, 15) is 14.9 Å². The van der Waals surface area contributed by atoms with Crippen LogP contribution in [0.2, 0.25) is 10.0 Å². The Kier molecular flexibility index (Phi) is 6.36. The van der Waals surface area contributed by atoms with Crippen molar-refractivity contribution in [2.24, 2.45) is 0 Å². The number of hydrogen-bond donors (Lipinski definition) is 1. The number of likely N-dealkylation sites (N-methyl/N-ethyl adjacent to an activating group) is 1.